The van der Waals surface area contributed by atoms with Gasteiger partial charge in [-0.05, 0) is 61.7 Å². The Hall–Kier alpha value is -2.03. The number of hydrogen-bond acceptors (Lipinski definition) is 5. The summed E-state index contributed by atoms with van der Waals surface area (Å²) in [5.74, 6) is 0.0477. The maximum absolute atomic E-state index is 12.2. The van der Waals surface area contributed by atoms with E-state index >= 15 is 0 Å². The van der Waals surface area contributed by atoms with Gasteiger partial charge in [-0.3, -0.25) is 10.2 Å². The molecule has 128 valence electrons. The van der Waals surface area contributed by atoms with Gasteiger partial charge in [0.05, 0.1) is 11.5 Å². The lowest BCUT2D eigenvalue weighted by molar-refractivity contribution is 0.0945. The van der Waals surface area contributed by atoms with Gasteiger partial charge in [-0.15, -0.1) is 16.6 Å². The first-order valence-corrected chi connectivity index (χ1v) is 9.86. The summed E-state index contributed by atoms with van der Waals surface area (Å²) in [4.78, 5) is 15.1. The van der Waals surface area contributed by atoms with Gasteiger partial charge in [-0.25, -0.2) is 8.42 Å². The molecule has 8 heteroatoms. The van der Waals surface area contributed by atoms with Gasteiger partial charge >= 0.3 is 0 Å². The van der Waals surface area contributed by atoms with Crippen molar-refractivity contribution in [1.29, 1.82) is 0 Å². The number of benzene rings is 2. The van der Waals surface area contributed by atoms with Crippen molar-refractivity contribution in [1.82, 2.24) is 10.3 Å². The molecule has 2 aromatic carbocycles. The molecular weight excluding hydrogens is 348 g/mol. The molecule has 6 nitrogen and oxygen atoms in total. The summed E-state index contributed by atoms with van der Waals surface area (Å²) in [7, 11) is -3.85. The standard InChI is InChI=1S/C16H18N2O4S2/c1-3-22-13-6-10-15(11-7-13)24(20,21)18-17-16(19)12-4-8-14(23-2)9-5-12/h4-11,18H,3H2,1-2H3,(H,17,19). The molecule has 0 saturated heterocycles. The van der Waals surface area contributed by atoms with Gasteiger partial charge in [0.15, 0.2) is 0 Å². The molecule has 0 saturated carbocycles. The zero-order valence-corrected chi connectivity index (χ0v) is 14.9. The summed E-state index contributed by atoms with van der Waals surface area (Å²) in [6.07, 6.45) is 1.93. The Bertz CT molecular complexity index is 788. The number of carbonyl (C=O) groups excluding carboxylic acids is 1. The molecule has 0 unspecified atom stereocenters. The second-order valence-electron chi connectivity index (χ2n) is 4.69. The van der Waals surface area contributed by atoms with Crippen LogP contribution in [0.4, 0.5) is 0 Å². The molecule has 2 N–H and O–H groups in total. The maximum Gasteiger partial charge on any atom is 0.266 e. The van der Waals surface area contributed by atoms with Crippen molar-refractivity contribution in [3.8, 4) is 5.75 Å². The predicted molar refractivity (Wildman–Crippen MR) is 93.6 cm³/mol. The van der Waals surface area contributed by atoms with E-state index in [9.17, 15) is 13.2 Å². The van der Waals surface area contributed by atoms with Crippen LogP contribution in [0.1, 0.15) is 17.3 Å². The topological polar surface area (TPSA) is 84.5 Å². The van der Waals surface area contributed by atoms with Gasteiger partial charge in [-0.1, -0.05) is 0 Å². The molecule has 2 rings (SSSR count). The number of ether oxygens (including phenoxy) is 1. The molecule has 2 aromatic rings. The van der Waals surface area contributed by atoms with Crippen molar-refractivity contribution < 1.29 is 17.9 Å². The molecule has 0 aliphatic rings. The van der Waals surface area contributed by atoms with Crippen LogP contribution in [0.2, 0.25) is 0 Å². The van der Waals surface area contributed by atoms with E-state index in [1.54, 1.807) is 48.2 Å². The van der Waals surface area contributed by atoms with Crippen LogP contribution < -0.4 is 15.0 Å². The lowest BCUT2D eigenvalue weighted by atomic mass is 10.2. The van der Waals surface area contributed by atoms with Crippen molar-refractivity contribution in [3.05, 3.63) is 54.1 Å². The molecule has 0 fully saturated rings. The molecular formula is C16H18N2O4S2. The maximum atomic E-state index is 12.2. The quantitative estimate of drug-likeness (QED) is 0.581. The highest BCUT2D eigenvalue weighted by Crippen LogP contribution is 2.16. The lowest BCUT2D eigenvalue weighted by Gasteiger charge is -2.09. The van der Waals surface area contributed by atoms with Crippen LogP contribution >= 0.6 is 11.8 Å². The predicted octanol–water partition coefficient (Wildman–Crippen LogP) is 2.43. The highest BCUT2D eigenvalue weighted by atomic mass is 32.2. The van der Waals surface area contributed by atoms with Crippen LogP contribution in [0.3, 0.4) is 0 Å². The van der Waals surface area contributed by atoms with E-state index in [-0.39, 0.29) is 4.90 Å². The number of carbonyl (C=O) groups is 1. The zero-order chi connectivity index (χ0) is 17.6. The number of sulfonamides is 1. The SMILES string of the molecule is CCOc1ccc(S(=O)(=O)NNC(=O)c2ccc(SC)cc2)cc1. The van der Waals surface area contributed by atoms with Crippen molar-refractivity contribution >= 4 is 27.7 Å². The third-order valence-corrected chi connectivity index (χ3v) is 5.10. The van der Waals surface area contributed by atoms with Crippen LogP contribution in [0.25, 0.3) is 0 Å². The minimum absolute atomic E-state index is 0.0315. The first-order valence-electron chi connectivity index (χ1n) is 7.15. The van der Waals surface area contributed by atoms with Gasteiger partial charge in [0.25, 0.3) is 15.9 Å². The Kier molecular flexibility index (Phi) is 6.24. The Balaban J connectivity index is 2.01. The van der Waals surface area contributed by atoms with Crippen LogP contribution in [0.5, 0.6) is 5.75 Å². The number of nitrogens with one attached hydrogen (secondary N) is 2. The molecule has 0 atom stereocenters. The third kappa shape index (κ3) is 4.73. The van der Waals surface area contributed by atoms with Crippen molar-refractivity contribution in [2.45, 2.75) is 16.7 Å². The average Bonchev–Trinajstić information content (AvgIpc) is 2.60. The second-order valence-corrected chi connectivity index (χ2v) is 7.25. The smallest absolute Gasteiger partial charge is 0.266 e. The highest BCUT2D eigenvalue weighted by Gasteiger charge is 2.15. The van der Waals surface area contributed by atoms with Gasteiger partial charge in [0, 0.05) is 10.5 Å². The van der Waals surface area contributed by atoms with Crippen LogP contribution in [0.15, 0.2) is 58.3 Å². The number of hydrogen-bond donors (Lipinski definition) is 2. The van der Waals surface area contributed by atoms with E-state index < -0.39 is 15.9 Å². The molecule has 0 aromatic heterocycles. The molecule has 0 aliphatic carbocycles. The average molecular weight is 366 g/mol. The first-order chi connectivity index (χ1) is 11.5. The fourth-order valence-electron chi connectivity index (χ4n) is 1.87. The Morgan fingerprint density at radius 1 is 1.08 bits per heavy atom. The fourth-order valence-corrected chi connectivity index (χ4v) is 3.12. The fraction of sp³-hybridized carbons (Fsp3) is 0.188. The number of amides is 1. The largest absolute Gasteiger partial charge is 0.494 e. The Morgan fingerprint density at radius 3 is 2.25 bits per heavy atom. The van der Waals surface area contributed by atoms with Gasteiger partial charge < -0.3 is 4.74 Å². The van der Waals surface area contributed by atoms with Crippen molar-refractivity contribution in [2.75, 3.05) is 12.9 Å². The van der Waals surface area contributed by atoms with Crippen molar-refractivity contribution in [2.24, 2.45) is 0 Å². The summed E-state index contributed by atoms with van der Waals surface area (Å²) in [6, 6.07) is 12.8. The van der Waals surface area contributed by atoms with E-state index in [0.29, 0.717) is 17.9 Å². The molecule has 1 amide bonds. The van der Waals surface area contributed by atoms with E-state index in [1.165, 1.54) is 12.1 Å². The van der Waals surface area contributed by atoms with Gasteiger partial charge in [-0.2, -0.15) is 0 Å². The summed E-state index contributed by atoms with van der Waals surface area (Å²) >= 11 is 1.56. The van der Waals surface area contributed by atoms with Crippen LogP contribution in [-0.2, 0) is 10.0 Å². The zero-order valence-electron chi connectivity index (χ0n) is 13.3. The minimum Gasteiger partial charge on any atom is -0.494 e. The molecule has 0 radical (unpaired) electrons. The summed E-state index contributed by atoms with van der Waals surface area (Å²) in [5.41, 5.74) is 2.56. The summed E-state index contributed by atoms with van der Waals surface area (Å²) in [5, 5.41) is 0. The van der Waals surface area contributed by atoms with Gasteiger partial charge in [0.1, 0.15) is 5.75 Å². The highest BCUT2D eigenvalue weighted by molar-refractivity contribution is 7.98. The monoisotopic (exact) mass is 366 g/mol. The third-order valence-electron chi connectivity index (χ3n) is 3.10. The first kappa shape index (κ1) is 18.3. The number of rotatable bonds is 7. The molecule has 0 bridgehead atoms. The van der Waals surface area contributed by atoms with E-state index in [4.69, 9.17) is 4.74 Å². The minimum atomic E-state index is -3.85. The van der Waals surface area contributed by atoms with Crippen LogP contribution in [-0.4, -0.2) is 27.2 Å². The van der Waals surface area contributed by atoms with Gasteiger partial charge in [0.2, 0.25) is 0 Å². The molecule has 0 aliphatic heterocycles. The van der Waals surface area contributed by atoms with E-state index in [1.807, 2.05) is 13.2 Å². The molecule has 24 heavy (non-hydrogen) atoms. The lowest BCUT2D eigenvalue weighted by Crippen LogP contribution is -2.41. The summed E-state index contributed by atoms with van der Waals surface area (Å²) in [6.45, 7) is 2.34. The van der Waals surface area contributed by atoms with Crippen LogP contribution in [0, 0.1) is 0 Å². The number of thioether (sulfide) groups is 1. The normalized spacial score (nSPS) is 11.1. The molecule has 0 spiro atoms. The Labute approximate surface area is 145 Å². The Morgan fingerprint density at radius 2 is 1.71 bits per heavy atom. The molecule has 0 heterocycles. The van der Waals surface area contributed by atoms with E-state index in [0.717, 1.165) is 4.90 Å². The van der Waals surface area contributed by atoms with E-state index in [2.05, 4.69) is 10.3 Å². The second kappa shape index (κ2) is 8.18. The summed E-state index contributed by atoms with van der Waals surface area (Å²) < 4.78 is 29.6. The number of hydrazine groups is 1. The van der Waals surface area contributed by atoms with Crippen molar-refractivity contribution in [3.63, 3.8) is 0 Å².